The number of rotatable bonds is 8. The van der Waals surface area contributed by atoms with Crippen LogP contribution >= 0.6 is 27.3 Å². The van der Waals surface area contributed by atoms with Gasteiger partial charge < -0.3 is 14.3 Å². The molecule has 3 aromatic heterocycles. The smallest absolute Gasteiger partial charge is 0.240 e. The molecule has 150 valence electrons. The lowest BCUT2D eigenvalue weighted by molar-refractivity contribution is 0.572. The van der Waals surface area contributed by atoms with Gasteiger partial charge >= 0.3 is 0 Å². The lowest BCUT2D eigenvalue weighted by Crippen LogP contribution is -2.10. The van der Waals surface area contributed by atoms with Crippen molar-refractivity contribution in [2.24, 2.45) is 0 Å². The Morgan fingerprint density at radius 2 is 2.03 bits per heavy atom. The average molecular weight is 493 g/mol. The number of aromatic nitrogens is 3. The van der Waals surface area contributed by atoms with E-state index in [1.54, 1.807) is 36.8 Å². The number of oxazole rings is 1. The number of halogens is 1. The minimum absolute atomic E-state index is 0.106. The highest BCUT2D eigenvalue weighted by Gasteiger charge is 2.28. The van der Waals surface area contributed by atoms with Crippen LogP contribution in [0.1, 0.15) is 6.42 Å². The zero-order valence-corrected chi connectivity index (χ0v) is 18.4. The highest BCUT2D eigenvalue weighted by Crippen LogP contribution is 2.34. The van der Waals surface area contributed by atoms with Crippen LogP contribution in [0.15, 0.2) is 79.3 Å². The van der Waals surface area contributed by atoms with Gasteiger partial charge in [0.1, 0.15) is 0 Å². The highest BCUT2D eigenvalue weighted by atomic mass is 79.9. The molecule has 7 nitrogen and oxygen atoms in total. The summed E-state index contributed by atoms with van der Waals surface area (Å²) in [6.45, 7) is 1.29. The lowest BCUT2D eigenvalue weighted by atomic mass is 10.4. The van der Waals surface area contributed by atoms with Gasteiger partial charge in [-0.25, -0.2) is 13.4 Å². The summed E-state index contributed by atoms with van der Waals surface area (Å²) in [5, 5.41) is 4.88. The van der Waals surface area contributed by atoms with E-state index >= 15 is 0 Å². The number of anilines is 1. The van der Waals surface area contributed by atoms with Gasteiger partial charge in [-0.05, 0) is 42.1 Å². The molecule has 0 bridgehead atoms. The molecule has 0 saturated carbocycles. The third-order valence-corrected chi connectivity index (χ3v) is 7.21. The maximum Gasteiger partial charge on any atom is 0.240 e. The number of imidazole rings is 1. The first kappa shape index (κ1) is 19.9. The number of aryl methyl sites for hydroxylation is 1. The molecule has 0 spiro atoms. The van der Waals surface area contributed by atoms with Gasteiger partial charge in [0.2, 0.25) is 26.6 Å². The van der Waals surface area contributed by atoms with Gasteiger partial charge in [-0.1, -0.05) is 22.0 Å². The first-order valence-electron chi connectivity index (χ1n) is 8.79. The summed E-state index contributed by atoms with van der Waals surface area (Å²) in [4.78, 5) is 9.26. The Bertz CT molecular complexity index is 1170. The lowest BCUT2D eigenvalue weighted by Gasteiger charge is -2.07. The second-order valence-corrected chi connectivity index (χ2v) is 9.90. The van der Waals surface area contributed by atoms with E-state index in [-0.39, 0.29) is 21.7 Å². The van der Waals surface area contributed by atoms with E-state index in [1.807, 2.05) is 28.3 Å². The van der Waals surface area contributed by atoms with E-state index < -0.39 is 9.84 Å². The summed E-state index contributed by atoms with van der Waals surface area (Å²) in [6, 6.07) is 10.2. The molecule has 29 heavy (non-hydrogen) atoms. The second-order valence-electron chi connectivity index (χ2n) is 6.17. The molecule has 0 atom stereocenters. The maximum atomic E-state index is 13.2. The molecular formula is C19H17BrN4O3S2. The summed E-state index contributed by atoms with van der Waals surface area (Å²) < 4.78 is 34.9. The highest BCUT2D eigenvalue weighted by molar-refractivity contribution is 9.10. The molecule has 0 fully saturated rings. The van der Waals surface area contributed by atoms with E-state index in [4.69, 9.17) is 4.42 Å². The molecule has 3 heterocycles. The first-order valence-corrected chi connectivity index (χ1v) is 11.9. The summed E-state index contributed by atoms with van der Waals surface area (Å²) in [5.74, 6) is 0.440. The number of nitrogens with one attached hydrogen (secondary N) is 1. The Morgan fingerprint density at radius 3 is 2.72 bits per heavy atom. The number of thiophene rings is 1. The third-order valence-electron chi connectivity index (χ3n) is 4.14. The number of sulfone groups is 1. The van der Waals surface area contributed by atoms with Crippen molar-refractivity contribution >= 4 is 43.0 Å². The fourth-order valence-electron chi connectivity index (χ4n) is 2.71. The number of nitrogens with zero attached hydrogens (tertiary/aromatic N) is 3. The van der Waals surface area contributed by atoms with Crippen LogP contribution in [0.25, 0.3) is 10.8 Å². The zero-order valence-electron chi connectivity index (χ0n) is 15.2. The standard InChI is InChI=1S/C19H17BrN4O3S2/c20-14-4-6-15(7-5-14)29(25,26)19-18(22-8-2-10-24-11-9-21-13-24)27-17(23-19)16-3-1-12-28-16/h1,3-7,9,11-13,22H,2,8,10H2. The molecule has 1 aromatic carbocycles. The van der Waals surface area contributed by atoms with Gasteiger partial charge in [-0.2, -0.15) is 4.98 Å². The zero-order chi connectivity index (χ0) is 20.3. The maximum absolute atomic E-state index is 13.2. The Labute approximate surface area is 180 Å². The molecule has 10 heteroatoms. The van der Waals surface area contributed by atoms with Crippen LogP contribution in [0.3, 0.4) is 0 Å². The van der Waals surface area contributed by atoms with Crippen molar-refractivity contribution in [3.05, 3.63) is 65.0 Å². The van der Waals surface area contributed by atoms with Crippen LogP contribution in [0.5, 0.6) is 0 Å². The summed E-state index contributed by atoms with van der Waals surface area (Å²) in [7, 11) is -3.84. The number of hydrogen-bond donors (Lipinski definition) is 1. The second kappa shape index (κ2) is 8.52. The number of hydrogen-bond acceptors (Lipinski definition) is 7. The van der Waals surface area contributed by atoms with Crippen LogP contribution in [-0.2, 0) is 16.4 Å². The van der Waals surface area contributed by atoms with Crippen LogP contribution in [-0.4, -0.2) is 29.5 Å². The molecule has 0 amide bonds. The van der Waals surface area contributed by atoms with Crippen molar-refractivity contribution in [2.45, 2.75) is 22.9 Å². The molecular weight excluding hydrogens is 476 g/mol. The predicted octanol–water partition coefficient (Wildman–Crippen LogP) is 4.70. The largest absolute Gasteiger partial charge is 0.418 e. The Hall–Kier alpha value is -2.43. The van der Waals surface area contributed by atoms with Crippen LogP contribution < -0.4 is 5.32 Å². The number of benzene rings is 1. The topological polar surface area (TPSA) is 90.0 Å². The molecule has 0 aliphatic rings. The Morgan fingerprint density at radius 1 is 1.21 bits per heavy atom. The van der Waals surface area contributed by atoms with Gasteiger partial charge in [0.25, 0.3) is 0 Å². The van der Waals surface area contributed by atoms with E-state index in [9.17, 15) is 8.42 Å². The monoisotopic (exact) mass is 492 g/mol. The van der Waals surface area contributed by atoms with Gasteiger partial charge in [0.15, 0.2) is 0 Å². The van der Waals surface area contributed by atoms with Crippen LogP contribution in [0.2, 0.25) is 0 Å². The molecule has 0 saturated heterocycles. The van der Waals surface area contributed by atoms with Crippen molar-refractivity contribution in [1.82, 2.24) is 14.5 Å². The fourth-order valence-corrected chi connectivity index (χ4v) is 4.91. The summed E-state index contributed by atoms with van der Waals surface area (Å²) >= 11 is 4.76. The van der Waals surface area contributed by atoms with Crippen LogP contribution in [0.4, 0.5) is 5.88 Å². The van der Waals surface area contributed by atoms with Gasteiger partial charge in [-0.3, -0.25) is 0 Å². The Balaban J connectivity index is 1.61. The average Bonchev–Trinajstić information content (AvgIpc) is 3.47. The minimum Gasteiger partial charge on any atom is -0.418 e. The van der Waals surface area contributed by atoms with Crippen LogP contribution in [0, 0.1) is 0 Å². The minimum atomic E-state index is -3.84. The Kier molecular flexibility index (Phi) is 5.84. The van der Waals surface area contributed by atoms with Gasteiger partial charge in [0, 0.05) is 30.0 Å². The van der Waals surface area contributed by atoms with Crippen molar-refractivity contribution < 1.29 is 12.8 Å². The van der Waals surface area contributed by atoms with Gasteiger partial charge in [0.05, 0.1) is 16.1 Å². The van der Waals surface area contributed by atoms with E-state index in [2.05, 4.69) is 31.2 Å². The van der Waals surface area contributed by atoms with Crippen molar-refractivity contribution in [3.63, 3.8) is 0 Å². The van der Waals surface area contributed by atoms with Crippen molar-refractivity contribution in [3.8, 4) is 10.8 Å². The molecule has 4 rings (SSSR count). The molecule has 1 N–H and O–H groups in total. The summed E-state index contributed by atoms with van der Waals surface area (Å²) in [6.07, 6.45) is 6.11. The molecule has 0 radical (unpaired) electrons. The van der Waals surface area contributed by atoms with Crippen molar-refractivity contribution in [2.75, 3.05) is 11.9 Å². The molecule has 0 unspecified atom stereocenters. The molecule has 0 aliphatic carbocycles. The summed E-state index contributed by atoms with van der Waals surface area (Å²) in [5.41, 5.74) is 0. The van der Waals surface area contributed by atoms with E-state index in [1.165, 1.54) is 11.3 Å². The SMILES string of the molecule is O=S(=O)(c1ccc(Br)cc1)c1nc(-c2cccs2)oc1NCCCn1ccnc1. The van der Waals surface area contributed by atoms with E-state index in [0.717, 1.165) is 22.3 Å². The normalized spacial score (nSPS) is 11.6. The quantitative estimate of drug-likeness (QED) is 0.358. The van der Waals surface area contributed by atoms with Crippen molar-refractivity contribution in [1.29, 1.82) is 0 Å². The van der Waals surface area contributed by atoms with Gasteiger partial charge in [-0.15, -0.1) is 11.3 Å². The van der Waals surface area contributed by atoms with E-state index in [0.29, 0.717) is 6.54 Å². The third kappa shape index (κ3) is 4.44. The fraction of sp³-hybridized carbons (Fsp3) is 0.158. The molecule has 0 aliphatic heterocycles. The first-order chi connectivity index (χ1) is 14.0. The molecule has 4 aromatic rings. The predicted molar refractivity (Wildman–Crippen MR) is 115 cm³/mol.